The number of carbonyl (C=O) groups excluding carboxylic acids is 1. The van der Waals surface area contributed by atoms with Gasteiger partial charge in [-0.3, -0.25) is 9.59 Å². The molecule has 0 aromatic rings. The summed E-state index contributed by atoms with van der Waals surface area (Å²) < 4.78 is 0. The number of aliphatic carboxylic acids is 1. The molecule has 0 unspecified atom stereocenters. The van der Waals surface area contributed by atoms with Crippen molar-refractivity contribution in [3.8, 4) is 0 Å². The molecule has 0 radical (unpaired) electrons. The molecule has 0 spiro atoms. The SMILES string of the molecule is CC(=O)O.O=C1CN=N1. The first-order valence-corrected chi connectivity index (χ1v) is 2.23. The summed E-state index contributed by atoms with van der Waals surface area (Å²) in [5, 5.41) is 13.7. The molecule has 1 amide bonds. The Kier molecular flexibility index (Phi) is 3.19. The van der Waals surface area contributed by atoms with Crippen LogP contribution in [0.4, 0.5) is 0 Å². The molecule has 1 rings (SSSR count). The maximum atomic E-state index is 9.64. The second-order valence-corrected chi connectivity index (χ2v) is 1.31. The molecular formula is C4H6N2O3. The van der Waals surface area contributed by atoms with E-state index >= 15 is 0 Å². The van der Waals surface area contributed by atoms with Gasteiger partial charge in [-0.05, 0) is 0 Å². The number of hydrogen-bond acceptors (Lipinski definition) is 3. The lowest BCUT2D eigenvalue weighted by atomic mass is 10.6. The van der Waals surface area contributed by atoms with E-state index in [0.717, 1.165) is 6.92 Å². The van der Waals surface area contributed by atoms with Gasteiger partial charge < -0.3 is 5.11 Å². The number of nitrogens with zero attached hydrogens (tertiary/aromatic N) is 2. The first-order valence-electron chi connectivity index (χ1n) is 2.23. The average molecular weight is 130 g/mol. The minimum Gasteiger partial charge on any atom is -0.481 e. The van der Waals surface area contributed by atoms with Crippen LogP contribution in [0.15, 0.2) is 10.2 Å². The first kappa shape index (κ1) is 7.74. The highest BCUT2D eigenvalue weighted by atomic mass is 16.4. The molecule has 0 aromatic carbocycles. The van der Waals surface area contributed by atoms with Crippen LogP contribution in [0.5, 0.6) is 0 Å². The Balaban J connectivity index is 0.000000148. The van der Waals surface area contributed by atoms with E-state index in [2.05, 4.69) is 10.2 Å². The van der Waals surface area contributed by atoms with Gasteiger partial charge >= 0.3 is 0 Å². The largest absolute Gasteiger partial charge is 0.481 e. The Morgan fingerprint density at radius 1 is 1.78 bits per heavy atom. The quantitative estimate of drug-likeness (QED) is 0.503. The third kappa shape index (κ3) is 6.74. The zero-order valence-electron chi connectivity index (χ0n) is 4.87. The van der Waals surface area contributed by atoms with Gasteiger partial charge in [-0.2, -0.15) is 5.11 Å². The number of hydrogen-bond donors (Lipinski definition) is 1. The predicted octanol–water partition coefficient (Wildman–Crippen LogP) is 0.0697. The van der Waals surface area contributed by atoms with Gasteiger partial charge in [0.15, 0.2) is 0 Å². The Morgan fingerprint density at radius 3 is 2.00 bits per heavy atom. The van der Waals surface area contributed by atoms with E-state index in [9.17, 15) is 4.79 Å². The van der Waals surface area contributed by atoms with E-state index in [-0.39, 0.29) is 5.91 Å². The highest BCUT2D eigenvalue weighted by Crippen LogP contribution is 1.89. The van der Waals surface area contributed by atoms with Crippen LogP contribution in [0.3, 0.4) is 0 Å². The van der Waals surface area contributed by atoms with Crippen molar-refractivity contribution in [2.45, 2.75) is 6.92 Å². The van der Waals surface area contributed by atoms with Crippen molar-refractivity contribution in [3.05, 3.63) is 0 Å². The highest BCUT2D eigenvalue weighted by molar-refractivity contribution is 5.81. The van der Waals surface area contributed by atoms with Crippen LogP contribution in [0.1, 0.15) is 6.92 Å². The Labute approximate surface area is 51.4 Å². The standard InChI is InChI=1S/C2H2N2O.C2H4O2/c5-2-1-3-4-2;1-2(3)4/h1H2;1H3,(H,3,4). The summed E-state index contributed by atoms with van der Waals surface area (Å²) in [4.78, 5) is 18.6. The Morgan fingerprint density at radius 2 is 2.00 bits per heavy atom. The maximum Gasteiger partial charge on any atom is 0.300 e. The van der Waals surface area contributed by atoms with E-state index in [4.69, 9.17) is 9.90 Å². The van der Waals surface area contributed by atoms with Gasteiger partial charge in [-0.1, -0.05) is 0 Å². The van der Waals surface area contributed by atoms with Gasteiger partial charge in [0, 0.05) is 6.92 Å². The minimum atomic E-state index is -0.833. The fraction of sp³-hybridized carbons (Fsp3) is 0.500. The smallest absolute Gasteiger partial charge is 0.300 e. The van der Waals surface area contributed by atoms with Gasteiger partial charge in [-0.25, -0.2) is 0 Å². The Bertz CT molecular complexity index is 148. The van der Waals surface area contributed by atoms with Crippen molar-refractivity contribution >= 4 is 11.9 Å². The van der Waals surface area contributed by atoms with E-state index in [1.54, 1.807) is 0 Å². The van der Waals surface area contributed by atoms with Crippen molar-refractivity contribution in [3.63, 3.8) is 0 Å². The minimum absolute atomic E-state index is 0.106. The molecular weight excluding hydrogens is 124 g/mol. The highest BCUT2D eigenvalue weighted by Gasteiger charge is 2.03. The zero-order valence-corrected chi connectivity index (χ0v) is 4.87. The lowest BCUT2D eigenvalue weighted by Crippen LogP contribution is -2.04. The molecule has 1 N–H and O–H groups in total. The molecule has 0 aliphatic carbocycles. The molecule has 9 heavy (non-hydrogen) atoms. The molecule has 1 aliphatic rings. The molecule has 0 atom stereocenters. The number of carbonyl (C=O) groups is 2. The van der Waals surface area contributed by atoms with E-state index in [1.807, 2.05) is 0 Å². The molecule has 0 aromatic heterocycles. The van der Waals surface area contributed by atoms with Crippen LogP contribution < -0.4 is 0 Å². The summed E-state index contributed by atoms with van der Waals surface area (Å²) in [6.07, 6.45) is 0. The van der Waals surface area contributed by atoms with E-state index < -0.39 is 5.97 Å². The number of carboxylic acid groups (broad SMARTS) is 1. The van der Waals surface area contributed by atoms with Crippen molar-refractivity contribution in [1.29, 1.82) is 0 Å². The number of carboxylic acids is 1. The van der Waals surface area contributed by atoms with Crippen molar-refractivity contribution in [2.24, 2.45) is 10.2 Å². The van der Waals surface area contributed by atoms with Gasteiger partial charge in [0.2, 0.25) is 0 Å². The molecule has 0 fully saturated rings. The zero-order chi connectivity index (χ0) is 7.28. The number of azo groups is 1. The molecule has 50 valence electrons. The fourth-order valence-electron chi connectivity index (χ4n) is 0.128. The molecule has 5 heteroatoms. The lowest BCUT2D eigenvalue weighted by molar-refractivity contribution is -0.134. The van der Waals surface area contributed by atoms with Crippen LogP contribution in [-0.2, 0) is 9.59 Å². The van der Waals surface area contributed by atoms with Crippen molar-refractivity contribution in [1.82, 2.24) is 0 Å². The number of amides is 1. The molecule has 1 heterocycles. The third-order valence-electron chi connectivity index (χ3n) is 0.388. The number of rotatable bonds is 0. The van der Waals surface area contributed by atoms with Crippen LogP contribution >= 0.6 is 0 Å². The maximum absolute atomic E-state index is 9.64. The second-order valence-electron chi connectivity index (χ2n) is 1.31. The summed E-state index contributed by atoms with van der Waals surface area (Å²) >= 11 is 0. The van der Waals surface area contributed by atoms with Gasteiger partial charge in [0.05, 0.1) is 0 Å². The molecule has 0 bridgehead atoms. The summed E-state index contributed by atoms with van der Waals surface area (Å²) in [7, 11) is 0. The third-order valence-corrected chi connectivity index (χ3v) is 0.388. The summed E-state index contributed by atoms with van der Waals surface area (Å²) in [5.74, 6) is -0.940. The normalized spacial score (nSPS) is 13.2. The van der Waals surface area contributed by atoms with Gasteiger partial charge in [0.25, 0.3) is 11.9 Å². The predicted molar refractivity (Wildman–Crippen MR) is 28.0 cm³/mol. The average Bonchev–Trinajstić information content (AvgIpc) is 1.59. The van der Waals surface area contributed by atoms with Crippen LogP contribution in [-0.4, -0.2) is 23.5 Å². The summed E-state index contributed by atoms with van der Waals surface area (Å²) in [6, 6.07) is 0. The van der Waals surface area contributed by atoms with Crippen molar-refractivity contribution < 1.29 is 14.7 Å². The summed E-state index contributed by atoms with van der Waals surface area (Å²) in [5.41, 5.74) is 0. The van der Waals surface area contributed by atoms with Crippen LogP contribution in [0, 0.1) is 0 Å². The molecule has 5 nitrogen and oxygen atoms in total. The Hall–Kier alpha value is -1.26. The first-order chi connectivity index (χ1) is 4.13. The molecule has 0 saturated carbocycles. The molecule has 0 saturated heterocycles. The molecule has 1 aliphatic heterocycles. The fourth-order valence-corrected chi connectivity index (χ4v) is 0.128. The summed E-state index contributed by atoms with van der Waals surface area (Å²) in [6.45, 7) is 1.39. The lowest BCUT2D eigenvalue weighted by Gasteiger charge is -1.90. The van der Waals surface area contributed by atoms with Gasteiger partial charge in [0.1, 0.15) is 6.54 Å². The van der Waals surface area contributed by atoms with E-state index in [1.165, 1.54) is 0 Å². The van der Waals surface area contributed by atoms with Crippen LogP contribution in [0.2, 0.25) is 0 Å². The van der Waals surface area contributed by atoms with Gasteiger partial charge in [-0.15, -0.1) is 5.11 Å². The topological polar surface area (TPSA) is 79.1 Å². The second kappa shape index (κ2) is 3.71. The van der Waals surface area contributed by atoms with E-state index in [0.29, 0.717) is 6.54 Å². The van der Waals surface area contributed by atoms with Crippen molar-refractivity contribution in [2.75, 3.05) is 6.54 Å². The monoisotopic (exact) mass is 130 g/mol. The van der Waals surface area contributed by atoms with Crippen LogP contribution in [0.25, 0.3) is 0 Å².